The quantitative estimate of drug-likeness (QED) is 0.203. The summed E-state index contributed by atoms with van der Waals surface area (Å²) in [5.41, 5.74) is 8.35. The van der Waals surface area contributed by atoms with E-state index in [9.17, 15) is 0 Å². The highest BCUT2D eigenvalue weighted by Gasteiger charge is 2.27. The van der Waals surface area contributed by atoms with E-state index < -0.39 is 0 Å². The molecule has 1 N–H and O–H groups in total. The second kappa shape index (κ2) is 11.3. The highest BCUT2D eigenvalue weighted by Crippen LogP contribution is 2.44. The lowest BCUT2D eigenvalue weighted by Crippen LogP contribution is -2.33. The largest absolute Gasteiger partial charge is 0.456 e. The van der Waals surface area contributed by atoms with Gasteiger partial charge in [0.05, 0.1) is 0 Å². The zero-order chi connectivity index (χ0) is 34.2. The zero-order valence-electron chi connectivity index (χ0n) is 27.9. The van der Waals surface area contributed by atoms with Crippen molar-refractivity contribution in [3.8, 4) is 11.1 Å². The third kappa shape index (κ3) is 4.42. The van der Waals surface area contributed by atoms with E-state index in [2.05, 4.69) is 151 Å². The molecule has 5 nitrogen and oxygen atoms in total. The van der Waals surface area contributed by atoms with Gasteiger partial charge in [0, 0.05) is 38.1 Å². The molecule has 1 aliphatic heterocycles. The minimum atomic E-state index is -0.367. The molecule has 11 rings (SSSR count). The molecule has 2 aromatic heterocycles. The van der Waals surface area contributed by atoms with Crippen LogP contribution in [0.3, 0.4) is 0 Å². The molecule has 8 aromatic carbocycles. The van der Waals surface area contributed by atoms with E-state index in [-0.39, 0.29) is 6.17 Å². The van der Waals surface area contributed by atoms with E-state index >= 15 is 0 Å². The number of amidine groups is 2. The molecule has 0 radical (unpaired) electrons. The summed E-state index contributed by atoms with van der Waals surface area (Å²) < 4.78 is 13.2. The van der Waals surface area contributed by atoms with E-state index in [4.69, 9.17) is 18.8 Å². The third-order valence-corrected chi connectivity index (χ3v) is 10.3. The predicted molar refractivity (Wildman–Crippen MR) is 213 cm³/mol. The van der Waals surface area contributed by atoms with Crippen LogP contribution in [0.15, 0.2) is 183 Å². The molecule has 3 heterocycles. The van der Waals surface area contributed by atoms with Crippen molar-refractivity contribution < 1.29 is 8.83 Å². The predicted octanol–water partition coefficient (Wildman–Crippen LogP) is 12.0. The fraction of sp³-hybridized carbons (Fsp3) is 0.0213. The molecule has 1 unspecified atom stereocenters. The summed E-state index contributed by atoms with van der Waals surface area (Å²) in [7, 11) is 0. The molecule has 0 fully saturated rings. The fourth-order valence-electron chi connectivity index (χ4n) is 7.90. The lowest BCUT2D eigenvalue weighted by atomic mass is 9.91. The number of para-hydroxylation sites is 1. The first-order valence-corrected chi connectivity index (χ1v) is 17.5. The maximum absolute atomic E-state index is 6.65. The second-order valence-corrected chi connectivity index (χ2v) is 13.3. The van der Waals surface area contributed by atoms with Crippen LogP contribution >= 0.6 is 0 Å². The lowest BCUT2D eigenvalue weighted by Gasteiger charge is -2.25. The molecule has 1 aliphatic rings. The average molecular weight is 668 g/mol. The number of rotatable bonds is 4. The molecule has 0 amide bonds. The van der Waals surface area contributed by atoms with Gasteiger partial charge in [0.1, 0.15) is 34.3 Å². The first kappa shape index (κ1) is 28.8. The molecular weight excluding hydrogens is 639 g/mol. The number of benzene rings is 8. The Balaban J connectivity index is 1.23. The van der Waals surface area contributed by atoms with E-state index in [1.165, 1.54) is 5.39 Å². The van der Waals surface area contributed by atoms with Gasteiger partial charge >= 0.3 is 0 Å². The molecular formula is C47H29N3O2. The molecule has 0 aliphatic carbocycles. The summed E-state index contributed by atoms with van der Waals surface area (Å²) in [4.78, 5) is 10.8. The van der Waals surface area contributed by atoms with Crippen molar-refractivity contribution in [3.05, 3.63) is 180 Å². The molecule has 52 heavy (non-hydrogen) atoms. The first-order valence-electron chi connectivity index (χ1n) is 17.5. The van der Waals surface area contributed by atoms with Gasteiger partial charge in [-0.3, -0.25) is 0 Å². The highest BCUT2D eigenvalue weighted by molar-refractivity contribution is 6.27. The number of hydrogen-bond donors (Lipinski definition) is 1. The molecule has 244 valence electrons. The van der Waals surface area contributed by atoms with Crippen LogP contribution in [0.5, 0.6) is 0 Å². The fourth-order valence-corrected chi connectivity index (χ4v) is 7.90. The summed E-state index contributed by atoms with van der Waals surface area (Å²) in [5, 5.41) is 12.4. The summed E-state index contributed by atoms with van der Waals surface area (Å²) in [6.45, 7) is 0. The van der Waals surface area contributed by atoms with Gasteiger partial charge in [-0.1, -0.05) is 127 Å². The summed E-state index contributed by atoms with van der Waals surface area (Å²) in [6, 6.07) is 56.8. The van der Waals surface area contributed by atoms with Crippen LogP contribution in [-0.2, 0) is 0 Å². The number of hydrogen-bond acceptors (Lipinski definition) is 5. The number of aliphatic imine (C=N–C) groups is 2. The van der Waals surface area contributed by atoms with Crippen LogP contribution < -0.4 is 5.32 Å². The Morgan fingerprint density at radius 1 is 0.481 bits per heavy atom. The molecule has 5 heteroatoms. The molecule has 0 saturated heterocycles. The maximum atomic E-state index is 6.65. The van der Waals surface area contributed by atoms with Crippen molar-refractivity contribution in [1.82, 2.24) is 5.32 Å². The Bertz CT molecular complexity index is 3110. The molecule has 0 saturated carbocycles. The average Bonchev–Trinajstić information content (AvgIpc) is 3.79. The SMILES string of the molecule is c1ccc(C2N=C(c3c(-c4cccc5oc6c7ccccc7ccc6c45)ccc4oc5ccccc5c34)N=C(c3ccc4ccccc4c3)N2)cc1. The van der Waals surface area contributed by atoms with Crippen LogP contribution in [0.25, 0.3) is 76.5 Å². The monoisotopic (exact) mass is 667 g/mol. The van der Waals surface area contributed by atoms with Crippen LogP contribution in [0, 0.1) is 0 Å². The van der Waals surface area contributed by atoms with Gasteiger partial charge in [-0.05, 0) is 69.2 Å². The minimum absolute atomic E-state index is 0.367. The Morgan fingerprint density at radius 2 is 1.21 bits per heavy atom. The van der Waals surface area contributed by atoms with Gasteiger partial charge in [-0.15, -0.1) is 0 Å². The second-order valence-electron chi connectivity index (χ2n) is 13.3. The molecule has 1 atom stereocenters. The van der Waals surface area contributed by atoms with E-state index in [1.54, 1.807) is 0 Å². The number of nitrogens with zero attached hydrogens (tertiary/aromatic N) is 2. The Kier molecular flexibility index (Phi) is 6.25. The minimum Gasteiger partial charge on any atom is -0.456 e. The summed E-state index contributed by atoms with van der Waals surface area (Å²) >= 11 is 0. The molecule has 10 aromatic rings. The molecule has 0 bridgehead atoms. The summed E-state index contributed by atoms with van der Waals surface area (Å²) in [5.74, 6) is 1.40. The van der Waals surface area contributed by atoms with Gasteiger partial charge < -0.3 is 14.2 Å². The van der Waals surface area contributed by atoms with Crippen molar-refractivity contribution in [2.45, 2.75) is 6.17 Å². The van der Waals surface area contributed by atoms with Gasteiger partial charge in [-0.2, -0.15) is 0 Å². The van der Waals surface area contributed by atoms with Crippen molar-refractivity contribution in [1.29, 1.82) is 0 Å². The maximum Gasteiger partial charge on any atom is 0.160 e. The van der Waals surface area contributed by atoms with Crippen LogP contribution in [0.4, 0.5) is 0 Å². The van der Waals surface area contributed by atoms with Crippen molar-refractivity contribution in [3.63, 3.8) is 0 Å². The topological polar surface area (TPSA) is 63.0 Å². The van der Waals surface area contributed by atoms with Gasteiger partial charge in [0.25, 0.3) is 0 Å². The zero-order valence-corrected chi connectivity index (χ0v) is 27.9. The van der Waals surface area contributed by atoms with Gasteiger partial charge in [-0.25, -0.2) is 9.98 Å². The Hall–Kier alpha value is -6.98. The Labute approximate surface area is 298 Å². The number of fused-ring (bicyclic) bond motifs is 9. The number of furan rings is 2. The first-order chi connectivity index (χ1) is 25.8. The lowest BCUT2D eigenvalue weighted by molar-refractivity contribution is 0.668. The highest BCUT2D eigenvalue weighted by atomic mass is 16.3. The third-order valence-electron chi connectivity index (χ3n) is 10.3. The normalized spacial score (nSPS) is 14.7. The van der Waals surface area contributed by atoms with Gasteiger partial charge in [0.2, 0.25) is 0 Å². The van der Waals surface area contributed by atoms with Gasteiger partial charge in [0.15, 0.2) is 5.84 Å². The van der Waals surface area contributed by atoms with E-state index in [1.807, 2.05) is 18.2 Å². The van der Waals surface area contributed by atoms with Crippen molar-refractivity contribution in [2.24, 2.45) is 9.98 Å². The van der Waals surface area contributed by atoms with Crippen molar-refractivity contribution in [2.75, 3.05) is 0 Å². The van der Waals surface area contributed by atoms with Crippen LogP contribution in [-0.4, -0.2) is 11.7 Å². The van der Waals surface area contributed by atoms with Crippen molar-refractivity contribution >= 4 is 77.1 Å². The number of nitrogens with one attached hydrogen (secondary N) is 1. The van der Waals surface area contributed by atoms with E-state index in [0.29, 0.717) is 5.84 Å². The Morgan fingerprint density at radius 3 is 2.12 bits per heavy atom. The molecule has 0 spiro atoms. The standard InChI is InChI=1S/C47H29N3O2/c1-2-13-30(14-3-1)45-48-46(32-22-21-28-11-4-5-15-31(28)27-32)50-47(49-45)43-35(25-26-40-42(43)36-17-8-9-19-38(36)51-40)34-18-10-20-39-41(34)37-24-23-29-12-6-7-16-33(29)44(37)52-39/h1-27,45H,(H,48,49,50). The van der Waals surface area contributed by atoms with Crippen LogP contribution in [0.2, 0.25) is 0 Å². The summed E-state index contributed by atoms with van der Waals surface area (Å²) in [6.07, 6.45) is -0.367. The van der Waals surface area contributed by atoms with Crippen LogP contribution in [0.1, 0.15) is 22.9 Å². The smallest absolute Gasteiger partial charge is 0.160 e. The van der Waals surface area contributed by atoms with E-state index in [0.717, 1.165) is 93.7 Å².